The molecular weight excluding hydrogens is 200 g/mol. The van der Waals surface area contributed by atoms with Crippen molar-refractivity contribution in [2.24, 2.45) is 17.8 Å². The minimum atomic E-state index is -0.376. The van der Waals surface area contributed by atoms with Crippen LogP contribution in [0.25, 0.3) is 0 Å². The highest BCUT2D eigenvalue weighted by atomic mass is 16.5. The van der Waals surface area contributed by atoms with Gasteiger partial charge in [0.15, 0.2) is 0 Å². The van der Waals surface area contributed by atoms with E-state index in [-0.39, 0.29) is 5.60 Å². The summed E-state index contributed by atoms with van der Waals surface area (Å²) in [6.07, 6.45) is 6.60. The zero-order valence-corrected chi connectivity index (χ0v) is 10.7. The van der Waals surface area contributed by atoms with Crippen molar-refractivity contribution >= 4 is 0 Å². The average Bonchev–Trinajstić information content (AvgIpc) is 2.15. The summed E-state index contributed by atoms with van der Waals surface area (Å²) in [5.41, 5.74) is -0.376. The largest absolute Gasteiger partial charge is 0.390 e. The molecule has 1 N–H and O–H groups in total. The van der Waals surface area contributed by atoms with Crippen molar-refractivity contribution in [3.8, 4) is 0 Å². The Bertz CT molecular complexity index is 211. The predicted octanol–water partition coefficient (Wildman–Crippen LogP) is 2.99. The van der Waals surface area contributed by atoms with Crippen molar-refractivity contribution in [1.29, 1.82) is 0 Å². The third kappa shape index (κ3) is 3.21. The molecule has 1 saturated carbocycles. The second kappa shape index (κ2) is 5.05. The molecule has 2 unspecified atom stereocenters. The number of ether oxygens (including phenoxy) is 1. The summed E-state index contributed by atoms with van der Waals surface area (Å²) >= 11 is 0. The Kier molecular flexibility index (Phi) is 3.91. The Hall–Kier alpha value is -0.0800. The normalized spacial score (nSPS) is 42.2. The monoisotopic (exact) mass is 226 g/mol. The molecule has 2 atom stereocenters. The highest BCUT2D eigenvalue weighted by Crippen LogP contribution is 2.40. The summed E-state index contributed by atoms with van der Waals surface area (Å²) in [5, 5.41) is 10.7. The van der Waals surface area contributed by atoms with E-state index in [1.807, 2.05) is 0 Å². The maximum atomic E-state index is 10.7. The van der Waals surface area contributed by atoms with Crippen LogP contribution in [0, 0.1) is 17.8 Å². The van der Waals surface area contributed by atoms with Gasteiger partial charge < -0.3 is 9.84 Å². The molecule has 0 aromatic rings. The van der Waals surface area contributed by atoms with Crippen molar-refractivity contribution in [1.82, 2.24) is 0 Å². The minimum Gasteiger partial charge on any atom is -0.390 e. The lowest BCUT2D eigenvalue weighted by Gasteiger charge is -2.41. The third-order valence-electron chi connectivity index (χ3n) is 4.27. The molecule has 94 valence electrons. The fourth-order valence-corrected chi connectivity index (χ4v) is 3.89. The summed E-state index contributed by atoms with van der Waals surface area (Å²) in [4.78, 5) is 0. The van der Waals surface area contributed by atoms with Gasteiger partial charge in [-0.3, -0.25) is 0 Å². The van der Waals surface area contributed by atoms with Crippen LogP contribution in [0.4, 0.5) is 0 Å². The summed E-state index contributed by atoms with van der Waals surface area (Å²) in [6.45, 7) is 6.35. The lowest BCUT2D eigenvalue weighted by atomic mass is 9.69. The first kappa shape index (κ1) is 12.4. The quantitative estimate of drug-likeness (QED) is 0.784. The van der Waals surface area contributed by atoms with E-state index < -0.39 is 0 Å². The average molecular weight is 226 g/mol. The zero-order chi connectivity index (χ0) is 11.6. The molecule has 1 aliphatic heterocycles. The fraction of sp³-hybridized carbons (Fsp3) is 1.00. The van der Waals surface area contributed by atoms with Gasteiger partial charge in [0.25, 0.3) is 0 Å². The number of rotatable bonds is 2. The van der Waals surface area contributed by atoms with Gasteiger partial charge in [0.05, 0.1) is 5.60 Å². The molecule has 0 radical (unpaired) electrons. The second-order valence-corrected chi connectivity index (χ2v) is 6.34. The SMILES string of the molecule is CC1CC(C)CC(O)(CC2CCOCC2)C1. The molecule has 0 aromatic carbocycles. The molecule has 2 heteroatoms. The van der Waals surface area contributed by atoms with Crippen molar-refractivity contribution in [3.05, 3.63) is 0 Å². The van der Waals surface area contributed by atoms with E-state index in [1.54, 1.807) is 0 Å². The first-order valence-corrected chi connectivity index (χ1v) is 6.87. The Labute approximate surface area is 99.4 Å². The van der Waals surface area contributed by atoms with Gasteiger partial charge in [-0.1, -0.05) is 13.8 Å². The van der Waals surface area contributed by atoms with Crippen LogP contribution in [-0.4, -0.2) is 23.9 Å². The highest BCUT2D eigenvalue weighted by Gasteiger charge is 2.37. The molecule has 0 aromatic heterocycles. The third-order valence-corrected chi connectivity index (χ3v) is 4.27. The van der Waals surface area contributed by atoms with Gasteiger partial charge in [-0.25, -0.2) is 0 Å². The van der Waals surface area contributed by atoms with Gasteiger partial charge >= 0.3 is 0 Å². The zero-order valence-electron chi connectivity index (χ0n) is 10.7. The van der Waals surface area contributed by atoms with E-state index in [1.165, 1.54) is 6.42 Å². The summed E-state index contributed by atoms with van der Waals surface area (Å²) in [6, 6.07) is 0. The number of hydrogen-bond donors (Lipinski definition) is 1. The van der Waals surface area contributed by atoms with Crippen LogP contribution in [0.2, 0.25) is 0 Å². The highest BCUT2D eigenvalue weighted by molar-refractivity contribution is 4.89. The van der Waals surface area contributed by atoms with Gasteiger partial charge in [0.1, 0.15) is 0 Å². The standard InChI is InChI=1S/C14H26O2/c1-11-7-12(2)9-14(15,8-11)10-13-3-5-16-6-4-13/h11-13,15H,3-10H2,1-2H3. The first-order chi connectivity index (χ1) is 7.57. The predicted molar refractivity (Wildman–Crippen MR) is 65.3 cm³/mol. The summed E-state index contributed by atoms with van der Waals surface area (Å²) < 4.78 is 5.38. The molecule has 0 amide bonds. The summed E-state index contributed by atoms with van der Waals surface area (Å²) in [7, 11) is 0. The summed E-state index contributed by atoms with van der Waals surface area (Å²) in [5.74, 6) is 2.07. The molecule has 16 heavy (non-hydrogen) atoms. The molecule has 2 rings (SSSR count). The van der Waals surface area contributed by atoms with Crippen LogP contribution in [0.3, 0.4) is 0 Å². The van der Waals surface area contributed by atoms with Gasteiger partial charge in [-0.15, -0.1) is 0 Å². The molecule has 0 spiro atoms. The fourth-order valence-electron chi connectivity index (χ4n) is 3.89. The van der Waals surface area contributed by atoms with E-state index in [9.17, 15) is 5.11 Å². The van der Waals surface area contributed by atoms with Gasteiger partial charge in [0, 0.05) is 13.2 Å². The smallest absolute Gasteiger partial charge is 0.0655 e. The van der Waals surface area contributed by atoms with Crippen LogP contribution in [-0.2, 0) is 4.74 Å². The van der Waals surface area contributed by atoms with Crippen molar-refractivity contribution < 1.29 is 9.84 Å². The van der Waals surface area contributed by atoms with Crippen molar-refractivity contribution in [3.63, 3.8) is 0 Å². The second-order valence-electron chi connectivity index (χ2n) is 6.34. The lowest BCUT2D eigenvalue weighted by Crippen LogP contribution is -2.40. The van der Waals surface area contributed by atoms with E-state index in [2.05, 4.69) is 13.8 Å². The van der Waals surface area contributed by atoms with E-state index in [4.69, 9.17) is 4.74 Å². The molecule has 2 aliphatic rings. The van der Waals surface area contributed by atoms with Crippen LogP contribution in [0.1, 0.15) is 52.4 Å². The molecule has 0 bridgehead atoms. The first-order valence-electron chi connectivity index (χ1n) is 6.87. The number of hydrogen-bond acceptors (Lipinski definition) is 2. The minimum absolute atomic E-state index is 0.376. The topological polar surface area (TPSA) is 29.5 Å². The molecule has 2 nitrogen and oxygen atoms in total. The van der Waals surface area contributed by atoms with Crippen LogP contribution in [0.5, 0.6) is 0 Å². The van der Waals surface area contributed by atoms with Crippen molar-refractivity contribution in [2.75, 3.05) is 13.2 Å². The Balaban J connectivity index is 1.90. The van der Waals surface area contributed by atoms with E-state index in [0.29, 0.717) is 17.8 Å². The maximum absolute atomic E-state index is 10.7. The van der Waals surface area contributed by atoms with E-state index >= 15 is 0 Å². The Morgan fingerprint density at radius 2 is 1.69 bits per heavy atom. The Morgan fingerprint density at radius 1 is 1.12 bits per heavy atom. The van der Waals surface area contributed by atoms with Gasteiger partial charge in [0.2, 0.25) is 0 Å². The maximum Gasteiger partial charge on any atom is 0.0655 e. The molecular formula is C14H26O2. The van der Waals surface area contributed by atoms with Crippen molar-refractivity contribution in [2.45, 2.75) is 58.0 Å². The van der Waals surface area contributed by atoms with Gasteiger partial charge in [-0.05, 0) is 56.3 Å². The van der Waals surface area contributed by atoms with Gasteiger partial charge in [-0.2, -0.15) is 0 Å². The molecule has 1 heterocycles. The van der Waals surface area contributed by atoms with Crippen LogP contribution in [0.15, 0.2) is 0 Å². The van der Waals surface area contributed by atoms with Crippen LogP contribution < -0.4 is 0 Å². The Morgan fingerprint density at radius 3 is 2.25 bits per heavy atom. The lowest BCUT2D eigenvalue weighted by molar-refractivity contribution is -0.0611. The van der Waals surface area contributed by atoms with Crippen LogP contribution >= 0.6 is 0 Å². The molecule has 1 aliphatic carbocycles. The van der Waals surface area contributed by atoms with E-state index in [0.717, 1.165) is 45.3 Å². The molecule has 2 fully saturated rings. The molecule has 1 saturated heterocycles. The number of aliphatic hydroxyl groups is 1.